The number of rotatable bonds is 3. The average molecular weight is 349 g/mol. The molecule has 1 aliphatic rings. The first-order valence-corrected chi connectivity index (χ1v) is 8.17. The van der Waals surface area contributed by atoms with Crippen molar-refractivity contribution < 1.29 is 9.18 Å². The van der Waals surface area contributed by atoms with E-state index in [0.29, 0.717) is 30.2 Å². The lowest BCUT2D eigenvalue weighted by atomic mass is 10.1. The second kappa shape index (κ2) is 6.51. The van der Waals surface area contributed by atoms with E-state index in [-0.39, 0.29) is 18.1 Å². The van der Waals surface area contributed by atoms with Crippen molar-refractivity contribution in [3.8, 4) is 11.3 Å². The third-order valence-corrected chi connectivity index (χ3v) is 4.40. The smallest absolute Gasteiger partial charge is 0.229 e. The molecule has 0 radical (unpaired) electrons. The normalized spacial score (nSPS) is 12.9. The number of aromatic nitrogens is 3. The lowest BCUT2D eigenvalue weighted by Gasteiger charge is -2.16. The molecule has 3 aromatic rings. The summed E-state index contributed by atoms with van der Waals surface area (Å²) in [6.45, 7) is 0.959. The van der Waals surface area contributed by atoms with Crippen molar-refractivity contribution in [3.05, 3.63) is 71.7 Å². The van der Waals surface area contributed by atoms with Crippen LogP contribution in [0, 0.1) is 5.82 Å². The quantitative estimate of drug-likeness (QED) is 0.784. The van der Waals surface area contributed by atoms with Gasteiger partial charge in [0.2, 0.25) is 5.91 Å². The fraction of sp³-hybridized carbons (Fsp3) is 0.158. The number of halogens is 1. The Morgan fingerprint density at radius 3 is 2.73 bits per heavy atom. The molecular formula is C19H16FN5O. The number of carbonyl (C=O) groups excluding carboxylic acids is 1. The van der Waals surface area contributed by atoms with Crippen molar-refractivity contribution >= 4 is 11.6 Å². The van der Waals surface area contributed by atoms with Crippen LogP contribution in [0.4, 0.5) is 10.1 Å². The third-order valence-electron chi connectivity index (χ3n) is 4.40. The molecule has 0 aliphatic carbocycles. The fourth-order valence-corrected chi connectivity index (χ4v) is 2.97. The number of amides is 1. The summed E-state index contributed by atoms with van der Waals surface area (Å²) in [5, 5.41) is 0. The molecule has 1 amide bonds. The van der Waals surface area contributed by atoms with Crippen LogP contribution in [-0.2, 0) is 24.3 Å². The van der Waals surface area contributed by atoms with Crippen LogP contribution < -0.4 is 5.73 Å². The Labute approximate surface area is 149 Å². The van der Waals surface area contributed by atoms with E-state index in [1.807, 2.05) is 0 Å². The van der Waals surface area contributed by atoms with Gasteiger partial charge in [-0.05, 0) is 36.4 Å². The predicted octanol–water partition coefficient (Wildman–Crippen LogP) is 2.34. The average Bonchev–Trinajstić information content (AvgIpc) is 3.09. The molecular weight excluding hydrogens is 333 g/mol. The van der Waals surface area contributed by atoms with E-state index in [1.165, 1.54) is 18.5 Å². The summed E-state index contributed by atoms with van der Waals surface area (Å²) in [7, 11) is 0. The van der Waals surface area contributed by atoms with Gasteiger partial charge in [-0.3, -0.25) is 9.78 Å². The second-order valence-corrected chi connectivity index (χ2v) is 6.16. The Balaban J connectivity index is 1.54. The van der Waals surface area contributed by atoms with Crippen molar-refractivity contribution in [2.24, 2.45) is 0 Å². The highest BCUT2D eigenvalue weighted by atomic mass is 19.1. The van der Waals surface area contributed by atoms with E-state index in [1.54, 1.807) is 35.4 Å². The van der Waals surface area contributed by atoms with Crippen molar-refractivity contribution in [2.75, 3.05) is 5.73 Å². The van der Waals surface area contributed by atoms with Gasteiger partial charge in [0, 0.05) is 23.9 Å². The number of benzene rings is 1. The molecule has 26 heavy (non-hydrogen) atoms. The first kappa shape index (κ1) is 16.1. The Hall–Kier alpha value is -3.35. The van der Waals surface area contributed by atoms with E-state index in [0.717, 1.165) is 16.8 Å². The largest absolute Gasteiger partial charge is 0.397 e. The summed E-state index contributed by atoms with van der Waals surface area (Å²) in [4.78, 5) is 27.1. The molecule has 1 aliphatic heterocycles. The van der Waals surface area contributed by atoms with Crippen LogP contribution in [0.5, 0.6) is 0 Å². The third kappa shape index (κ3) is 3.11. The van der Waals surface area contributed by atoms with Crippen LogP contribution in [0.3, 0.4) is 0 Å². The van der Waals surface area contributed by atoms with E-state index in [4.69, 9.17) is 5.73 Å². The Bertz CT molecular complexity index is 949. The van der Waals surface area contributed by atoms with Crippen molar-refractivity contribution in [2.45, 2.75) is 19.5 Å². The lowest BCUT2D eigenvalue weighted by molar-refractivity contribution is -0.131. The molecule has 0 atom stereocenters. The molecule has 3 heterocycles. The van der Waals surface area contributed by atoms with Gasteiger partial charge in [0.1, 0.15) is 12.1 Å². The molecule has 6 nitrogen and oxygen atoms in total. The highest BCUT2D eigenvalue weighted by Gasteiger charge is 2.25. The van der Waals surface area contributed by atoms with Gasteiger partial charge in [0.15, 0.2) is 0 Å². The molecule has 0 fully saturated rings. The highest BCUT2D eigenvalue weighted by Crippen LogP contribution is 2.23. The molecule has 4 rings (SSSR count). The van der Waals surface area contributed by atoms with Crippen molar-refractivity contribution in [3.63, 3.8) is 0 Å². The SMILES string of the molecule is Nc1ccc(-c2ccc(F)cc2)nc1CC(=O)N1Cc2cncnc2C1. The highest BCUT2D eigenvalue weighted by molar-refractivity contribution is 5.80. The van der Waals surface area contributed by atoms with Crippen LogP contribution in [0.1, 0.15) is 17.0 Å². The zero-order chi connectivity index (χ0) is 18.1. The standard InChI is InChI=1S/C19H16FN5O/c20-14-3-1-12(2-4-14)16-6-5-15(21)17(24-16)7-19(26)25-9-13-8-22-11-23-18(13)10-25/h1-6,8,11H,7,9-10,21H2. The van der Waals surface area contributed by atoms with E-state index in [9.17, 15) is 9.18 Å². The molecule has 0 saturated carbocycles. The summed E-state index contributed by atoms with van der Waals surface area (Å²) < 4.78 is 13.1. The summed E-state index contributed by atoms with van der Waals surface area (Å²) in [5.74, 6) is -0.380. The fourth-order valence-electron chi connectivity index (χ4n) is 2.97. The first-order chi connectivity index (χ1) is 12.6. The van der Waals surface area contributed by atoms with Gasteiger partial charge in [-0.2, -0.15) is 0 Å². The number of carbonyl (C=O) groups is 1. The van der Waals surface area contributed by atoms with Gasteiger partial charge in [-0.1, -0.05) is 0 Å². The van der Waals surface area contributed by atoms with E-state index in [2.05, 4.69) is 15.0 Å². The Kier molecular flexibility index (Phi) is 4.04. The first-order valence-electron chi connectivity index (χ1n) is 8.17. The minimum absolute atomic E-state index is 0.0709. The van der Waals surface area contributed by atoms with E-state index >= 15 is 0 Å². The van der Waals surface area contributed by atoms with Gasteiger partial charge >= 0.3 is 0 Å². The molecule has 2 aromatic heterocycles. The van der Waals surface area contributed by atoms with Crippen LogP contribution in [-0.4, -0.2) is 25.8 Å². The number of nitrogens with zero attached hydrogens (tertiary/aromatic N) is 4. The number of hydrogen-bond donors (Lipinski definition) is 1. The second-order valence-electron chi connectivity index (χ2n) is 6.16. The summed E-state index contributed by atoms with van der Waals surface area (Å²) in [5.41, 5.74) is 10.2. The van der Waals surface area contributed by atoms with Gasteiger partial charge in [-0.15, -0.1) is 0 Å². The van der Waals surface area contributed by atoms with Crippen LogP contribution in [0.25, 0.3) is 11.3 Å². The Morgan fingerprint density at radius 2 is 1.96 bits per heavy atom. The van der Waals surface area contributed by atoms with Gasteiger partial charge in [-0.25, -0.2) is 14.4 Å². The molecule has 0 spiro atoms. The number of nitrogens with two attached hydrogens (primary N) is 1. The zero-order valence-electron chi connectivity index (χ0n) is 13.9. The molecule has 0 bridgehead atoms. The zero-order valence-corrected chi connectivity index (χ0v) is 13.9. The molecule has 1 aromatic carbocycles. The number of nitrogen functional groups attached to an aromatic ring is 1. The number of pyridine rings is 1. The monoisotopic (exact) mass is 349 g/mol. The van der Waals surface area contributed by atoms with E-state index < -0.39 is 0 Å². The van der Waals surface area contributed by atoms with Gasteiger partial charge < -0.3 is 10.6 Å². The number of hydrogen-bond acceptors (Lipinski definition) is 5. The molecule has 0 saturated heterocycles. The molecule has 130 valence electrons. The number of fused-ring (bicyclic) bond motifs is 1. The maximum absolute atomic E-state index is 13.1. The summed E-state index contributed by atoms with van der Waals surface area (Å²) in [6.07, 6.45) is 3.32. The predicted molar refractivity (Wildman–Crippen MR) is 94.0 cm³/mol. The van der Waals surface area contributed by atoms with Crippen LogP contribution in [0.15, 0.2) is 48.9 Å². The van der Waals surface area contributed by atoms with Gasteiger partial charge in [0.05, 0.1) is 35.7 Å². The van der Waals surface area contributed by atoms with Crippen molar-refractivity contribution in [1.82, 2.24) is 19.9 Å². The van der Waals surface area contributed by atoms with Crippen LogP contribution in [0.2, 0.25) is 0 Å². The van der Waals surface area contributed by atoms with Gasteiger partial charge in [0.25, 0.3) is 0 Å². The van der Waals surface area contributed by atoms with Crippen molar-refractivity contribution in [1.29, 1.82) is 0 Å². The molecule has 0 unspecified atom stereocenters. The minimum atomic E-state index is -0.309. The molecule has 7 heteroatoms. The maximum atomic E-state index is 13.1. The Morgan fingerprint density at radius 1 is 1.15 bits per heavy atom. The lowest BCUT2D eigenvalue weighted by Crippen LogP contribution is -2.27. The topological polar surface area (TPSA) is 85.0 Å². The number of anilines is 1. The molecule has 2 N–H and O–H groups in total. The summed E-state index contributed by atoms with van der Waals surface area (Å²) in [6, 6.07) is 9.53. The van der Waals surface area contributed by atoms with Crippen LogP contribution >= 0.6 is 0 Å². The summed E-state index contributed by atoms with van der Waals surface area (Å²) >= 11 is 0. The maximum Gasteiger partial charge on any atom is 0.229 e. The minimum Gasteiger partial charge on any atom is -0.397 e.